The molecule has 0 aromatic rings. The molecule has 0 aliphatic carbocycles. The smallest absolute Gasteiger partial charge is 0.327 e. The summed E-state index contributed by atoms with van der Waals surface area (Å²) in [6.45, 7) is 1.10. The Kier molecular flexibility index (Phi) is 1.45. The lowest BCUT2D eigenvalue weighted by atomic mass is 10.3. The van der Waals surface area contributed by atoms with E-state index in [4.69, 9.17) is 17.0 Å². The van der Waals surface area contributed by atoms with Crippen molar-refractivity contribution in [1.29, 1.82) is 0 Å². The fraction of sp³-hybridized carbons (Fsp3) is 0.667. The Hall–Kier alpha value is -0.840. The van der Waals surface area contributed by atoms with E-state index in [1.54, 1.807) is 4.90 Å². The maximum absolute atomic E-state index is 10.8. The van der Waals surface area contributed by atoms with Crippen molar-refractivity contribution in [2.75, 3.05) is 13.1 Å². The van der Waals surface area contributed by atoms with Crippen molar-refractivity contribution < 1.29 is 9.53 Å². The highest BCUT2D eigenvalue weighted by molar-refractivity contribution is 7.80. The van der Waals surface area contributed by atoms with Crippen LogP contribution in [0.4, 0.5) is 0 Å². The first-order chi connectivity index (χ1) is 5.27. The molecule has 2 saturated heterocycles. The Morgan fingerprint density at radius 3 is 3.27 bits per heavy atom. The van der Waals surface area contributed by atoms with Crippen molar-refractivity contribution in [3.05, 3.63) is 0 Å². The van der Waals surface area contributed by atoms with Gasteiger partial charge in [-0.2, -0.15) is 0 Å². The largest absolute Gasteiger partial charge is 0.440 e. The number of rotatable bonds is 0. The van der Waals surface area contributed by atoms with Gasteiger partial charge in [-0.3, -0.25) is 4.79 Å². The summed E-state index contributed by atoms with van der Waals surface area (Å²) in [5, 5.41) is 3.63. The summed E-state index contributed by atoms with van der Waals surface area (Å²) in [5.74, 6) is -0.180. The standard InChI is InChI=1S/C6H8N2O2S/c9-5-3-8-4(10-5)1-2-7-6(8)11/h4H,1-3H2,(H,7,11). The van der Waals surface area contributed by atoms with Crippen molar-refractivity contribution in [3.63, 3.8) is 0 Å². The summed E-state index contributed by atoms with van der Waals surface area (Å²) in [5.41, 5.74) is 0. The number of thiocarbonyl (C=S) groups is 1. The second kappa shape index (κ2) is 2.34. The second-order valence-electron chi connectivity index (χ2n) is 2.59. The molecule has 2 aliphatic heterocycles. The molecule has 1 atom stereocenters. The second-order valence-corrected chi connectivity index (χ2v) is 2.98. The highest BCUT2D eigenvalue weighted by atomic mass is 32.1. The van der Waals surface area contributed by atoms with Crippen LogP contribution in [0.2, 0.25) is 0 Å². The van der Waals surface area contributed by atoms with Crippen molar-refractivity contribution in [2.24, 2.45) is 0 Å². The van der Waals surface area contributed by atoms with Crippen LogP contribution < -0.4 is 5.32 Å². The SMILES string of the molecule is O=C1CN2C(=S)NCCC2O1. The monoisotopic (exact) mass is 172 g/mol. The topological polar surface area (TPSA) is 41.6 Å². The van der Waals surface area contributed by atoms with Crippen molar-refractivity contribution in [2.45, 2.75) is 12.6 Å². The molecule has 2 rings (SSSR count). The van der Waals surface area contributed by atoms with E-state index >= 15 is 0 Å². The maximum atomic E-state index is 10.8. The zero-order chi connectivity index (χ0) is 7.84. The molecule has 2 aliphatic rings. The van der Waals surface area contributed by atoms with Gasteiger partial charge in [-0.1, -0.05) is 0 Å². The highest BCUT2D eigenvalue weighted by Gasteiger charge is 2.35. The zero-order valence-electron chi connectivity index (χ0n) is 5.87. The predicted molar refractivity (Wildman–Crippen MR) is 41.8 cm³/mol. The quantitative estimate of drug-likeness (QED) is 0.392. The Balaban J connectivity index is 2.15. The van der Waals surface area contributed by atoms with Crippen molar-refractivity contribution >= 4 is 23.3 Å². The number of hydrogen-bond acceptors (Lipinski definition) is 3. The molecule has 0 saturated carbocycles. The van der Waals surface area contributed by atoms with Gasteiger partial charge >= 0.3 is 5.97 Å². The fourth-order valence-electron chi connectivity index (χ4n) is 1.31. The van der Waals surface area contributed by atoms with Gasteiger partial charge in [0.2, 0.25) is 0 Å². The molecule has 11 heavy (non-hydrogen) atoms. The molecule has 4 nitrogen and oxygen atoms in total. The number of carbonyl (C=O) groups excluding carboxylic acids is 1. The minimum absolute atomic E-state index is 0.101. The van der Waals surface area contributed by atoms with Crippen LogP contribution >= 0.6 is 12.2 Å². The number of esters is 1. The van der Waals surface area contributed by atoms with Crippen molar-refractivity contribution in [1.82, 2.24) is 10.2 Å². The molecule has 1 unspecified atom stereocenters. The normalized spacial score (nSPS) is 29.5. The van der Waals surface area contributed by atoms with Gasteiger partial charge < -0.3 is 15.0 Å². The molecule has 1 N–H and O–H groups in total. The Morgan fingerprint density at radius 2 is 2.55 bits per heavy atom. The summed E-state index contributed by atoms with van der Waals surface area (Å²) < 4.78 is 5.00. The van der Waals surface area contributed by atoms with Gasteiger partial charge in [-0.15, -0.1) is 0 Å². The Bertz CT molecular complexity index is 219. The molecule has 2 heterocycles. The number of ether oxygens (including phenoxy) is 1. The summed E-state index contributed by atoms with van der Waals surface area (Å²) in [7, 11) is 0. The molecular weight excluding hydrogens is 164 g/mol. The maximum Gasteiger partial charge on any atom is 0.327 e. The van der Waals surface area contributed by atoms with E-state index in [1.165, 1.54) is 0 Å². The number of nitrogens with one attached hydrogen (secondary N) is 1. The molecule has 5 heteroatoms. The third-order valence-electron chi connectivity index (χ3n) is 1.84. The van der Waals surface area contributed by atoms with Crippen LogP contribution in [0.25, 0.3) is 0 Å². The van der Waals surface area contributed by atoms with E-state index in [1.807, 2.05) is 0 Å². The first-order valence-electron chi connectivity index (χ1n) is 3.51. The van der Waals surface area contributed by atoms with Crippen LogP contribution in [0.15, 0.2) is 0 Å². The first kappa shape index (κ1) is 6.84. The molecule has 60 valence electrons. The summed E-state index contributed by atoms with van der Waals surface area (Å²) in [6, 6.07) is 0. The van der Waals surface area contributed by atoms with E-state index < -0.39 is 0 Å². The third kappa shape index (κ3) is 1.05. The fourth-order valence-corrected chi connectivity index (χ4v) is 1.60. The Labute approximate surface area is 69.5 Å². The Morgan fingerprint density at radius 1 is 1.73 bits per heavy atom. The lowest BCUT2D eigenvalue weighted by molar-refractivity contribution is -0.141. The van der Waals surface area contributed by atoms with Gasteiger partial charge in [-0.05, 0) is 12.2 Å². The van der Waals surface area contributed by atoms with Crippen LogP contribution in [0.1, 0.15) is 6.42 Å². The van der Waals surface area contributed by atoms with E-state index in [0.717, 1.165) is 13.0 Å². The molecule has 0 bridgehead atoms. The third-order valence-corrected chi connectivity index (χ3v) is 2.22. The summed E-state index contributed by atoms with van der Waals surface area (Å²) in [6.07, 6.45) is 0.725. The van der Waals surface area contributed by atoms with Crippen LogP contribution in [0.5, 0.6) is 0 Å². The molecule has 2 fully saturated rings. The van der Waals surface area contributed by atoms with E-state index in [-0.39, 0.29) is 12.2 Å². The number of carbonyl (C=O) groups is 1. The van der Waals surface area contributed by atoms with Gasteiger partial charge in [0.25, 0.3) is 0 Å². The lowest BCUT2D eigenvalue weighted by Gasteiger charge is -2.29. The molecular formula is C6H8N2O2S. The van der Waals surface area contributed by atoms with Crippen LogP contribution in [0.3, 0.4) is 0 Å². The van der Waals surface area contributed by atoms with Crippen LogP contribution in [-0.2, 0) is 9.53 Å². The lowest BCUT2D eigenvalue weighted by Crippen LogP contribution is -2.49. The van der Waals surface area contributed by atoms with Gasteiger partial charge in [-0.25, -0.2) is 0 Å². The van der Waals surface area contributed by atoms with E-state index in [9.17, 15) is 4.79 Å². The van der Waals surface area contributed by atoms with Gasteiger partial charge in [0, 0.05) is 13.0 Å². The average molecular weight is 172 g/mol. The number of fused-ring (bicyclic) bond motifs is 1. The number of nitrogens with zero attached hydrogens (tertiary/aromatic N) is 1. The average Bonchev–Trinajstić information content (AvgIpc) is 2.31. The minimum atomic E-state index is -0.180. The minimum Gasteiger partial charge on any atom is -0.440 e. The predicted octanol–water partition coefficient (Wildman–Crippen LogP) is -0.550. The molecule has 0 aromatic carbocycles. The van der Waals surface area contributed by atoms with E-state index in [2.05, 4.69) is 5.32 Å². The van der Waals surface area contributed by atoms with Crippen LogP contribution in [0, 0.1) is 0 Å². The first-order valence-corrected chi connectivity index (χ1v) is 3.92. The van der Waals surface area contributed by atoms with Gasteiger partial charge in [0.05, 0.1) is 0 Å². The highest BCUT2D eigenvalue weighted by Crippen LogP contribution is 2.17. The molecule has 0 spiro atoms. The van der Waals surface area contributed by atoms with E-state index in [0.29, 0.717) is 11.7 Å². The molecule has 0 amide bonds. The number of hydrogen-bond donors (Lipinski definition) is 1. The zero-order valence-corrected chi connectivity index (χ0v) is 6.69. The van der Waals surface area contributed by atoms with Gasteiger partial charge in [0.15, 0.2) is 11.3 Å². The van der Waals surface area contributed by atoms with Crippen LogP contribution in [-0.4, -0.2) is 35.3 Å². The van der Waals surface area contributed by atoms with Crippen molar-refractivity contribution in [3.8, 4) is 0 Å². The summed E-state index contributed by atoms with van der Waals surface area (Å²) >= 11 is 4.98. The van der Waals surface area contributed by atoms with Gasteiger partial charge in [0.1, 0.15) is 6.54 Å². The molecule has 0 radical (unpaired) electrons. The molecule has 0 aromatic heterocycles. The summed E-state index contributed by atoms with van der Waals surface area (Å²) in [4.78, 5) is 12.6.